The van der Waals surface area contributed by atoms with Crippen LogP contribution in [0.25, 0.3) is 0 Å². The van der Waals surface area contributed by atoms with Gasteiger partial charge >= 0.3 is 20.2 Å². The molecule has 3 aliphatic heterocycles. The lowest BCUT2D eigenvalue weighted by atomic mass is 9.73. The molecule has 0 amide bonds. The molecule has 3 heterocycles. The summed E-state index contributed by atoms with van der Waals surface area (Å²) in [6.45, 7) is 15.6. The second kappa shape index (κ2) is 10.8. The summed E-state index contributed by atoms with van der Waals surface area (Å²) in [6.07, 6.45) is 0.457. The quantitative estimate of drug-likeness (QED) is 0.343. The van der Waals surface area contributed by atoms with E-state index in [4.69, 9.17) is 46.6 Å². The number of halogens is 2. The highest BCUT2D eigenvalue weighted by molar-refractivity contribution is 7.93. The van der Waals surface area contributed by atoms with E-state index in [-0.39, 0.29) is 22.3 Å². The first-order valence-corrected chi connectivity index (χ1v) is 16.3. The molecule has 0 N–H and O–H groups in total. The van der Waals surface area contributed by atoms with Crippen LogP contribution in [0, 0.1) is 5.92 Å². The van der Waals surface area contributed by atoms with E-state index in [9.17, 15) is 4.79 Å². The topological polar surface area (TPSA) is 92.7 Å². The summed E-state index contributed by atoms with van der Waals surface area (Å²) >= 11 is 13.3. The molecule has 5 rings (SSSR count). The van der Waals surface area contributed by atoms with Gasteiger partial charge in [-0.25, -0.2) is 8.57 Å². The Morgan fingerprint density at radius 2 is 1.31 bits per heavy atom. The number of carbonyl (C=O) groups is 1. The lowest BCUT2D eigenvalue weighted by Crippen LogP contribution is -2.55. The van der Waals surface area contributed by atoms with E-state index in [1.165, 1.54) is 0 Å². The second-order valence-electron chi connectivity index (χ2n) is 13.1. The monoisotopic (exact) mass is 635 g/mol. The number of ether oxygens (including phenoxy) is 1. The average molecular weight is 636 g/mol. The molecule has 8 bridgehead atoms. The Morgan fingerprint density at radius 3 is 1.74 bits per heavy atom. The van der Waals surface area contributed by atoms with E-state index in [2.05, 4.69) is 4.36 Å². The molecule has 13 heteroatoms. The van der Waals surface area contributed by atoms with Crippen molar-refractivity contribution in [1.82, 2.24) is 0 Å². The fraction of sp³-hybridized carbons (Fsp3) is 0.552. The van der Waals surface area contributed by atoms with Crippen molar-refractivity contribution < 1.29 is 32.4 Å². The lowest BCUT2D eigenvalue weighted by molar-refractivity contribution is -0.142. The van der Waals surface area contributed by atoms with Gasteiger partial charge in [-0.1, -0.05) is 37.0 Å². The second-order valence-corrected chi connectivity index (χ2v) is 16.3. The van der Waals surface area contributed by atoms with Crippen LogP contribution < -0.4 is 10.9 Å². The Hall–Kier alpha value is -1.59. The van der Waals surface area contributed by atoms with Gasteiger partial charge in [0.25, 0.3) is 0 Å². The molecule has 0 aliphatic carbocycles. The van der Waals surface area contributed by atoms with Crippen molar-refractivity contribution in [3.63, 3.8) is 0 Å². The van der Waals surface area contributed by atoms with Crippen LogP contribution in [0.5, 0.6) is 0 Å². The molecular weight excluding hydrogens is 599 g/mol. The molecule has 0 aromatic heterocycles. The first kappa shape index (κ1) is 31.8. The Balaban J connectivity index is 1.74. The first-order valence-electron chi connectivity index (χ1n) is 14.1. The number of carbonyl (C=O) groups excluding carboxylic acids is 1. The Kier molecular flexibility index (Phi) is 8.17. The normalized spacial score (nSPS) is 29.4. The van der Waals surface area contributed by atoms with Gasteiger partial charge in [-0.15, -0.1) is 0 Å². The fourth-order valence-corrected chi connectivity index (χ4v) is 8.15. The summed E-state index contributed by atoms with van der Waals surface area (Å²) in [5.41, 5.74) is -1.95. The Labute approximate surface area is 259 Å². The largest absolute Gasteiger partial charge is 0.494 e. The molecule has 0 saturated carbocycles. The highest BCUT2D eigenvalue weighted by atomic mass is 35.5. The number of hydrogen-bond donors (Lipinski definition) is 0. The molecule has 2 aromatic carbocycles. The summed E-state index contributed by atoms with van der Waals surface area (Å²) in [5, 5.41) is 0.640. The zero-order valence-corrected chi connectivity index (χ0v) is 27.6. The van der Waals surface area contributed by atoms with Crippen molar-refractivity contribution in [1.29, 1.82) is 0 Å². The van der Waals surface area contributed by atoms with E-state index in [1.54, 1.807) is 36.4 Å². The van der Waals surface area contributed by atoms with Crippen LogP contribution in [0.2, 0.25) is 10.0 Å². The number of benzene rings is 2. The molecule has 2 fully saturated rings. The number of nitrogens with zero attached hydrogens (tertiary/aromatic N) is 1. The zero-order valence-electron chi connectivity index (χ0n) is 25.3. The Bertz CT molecular complexity index is 1450. The average Bonchev–Trinajstić information content (AvgIpc) is 3.26. The van der Waals surface area contributed by atoms with Gasteiger partial charge in [0.15, 0.2) is 0 Å². The molecule has 3 aliphatic rings. The van der Waals surface area contributed by atoms with Crippen molar-refractivity contribution in [2.45, 2.75) is 94.0 Å². The van der Waals surface area contributed by atoms with Gasteiger partial charge in [0.2, 0.25) is 0 Å². The lowest BCUT2D eigenvalue weighted by Gasteiger charge is -2.45. The summed E-state index contributed by atoms with van der Waals surface area (Å²) in [7, 11) is -5.12. The number of rotatable bonds is 4. The van der Waals surface area contributed by atoms with Gasteiger partial charge < -0.3 is 23.4 Å². The third kappa shape index (κ3) is 5.67. The van der Waals surface area contributed by atoms with Crippen LogP contribution in [0.4, 0.5) is 0 Å². The highest BCUT2D eigenvalue weighted by Gasteiger charge is 2.63. The summed E-state index contributed by atoms with van der Waals surface area (Å²) in [6, 6.07) is 10.0. The van der Waals surface area contributed by atoms with Crippen molar-refractivity contribution in [3.8, 4) is 0 Å². The van der Waals surface area contributed by atoms with Gasteiger partial charge in [0.1, 0.15) is 16.3 Å². The maximum absolute atomic E-state index is 15.1. The van der Waals surface area contributed by atoms with Gasteiger partial charge in [-0.05, 0) is 94.8 Å². The maximum Gasteiger partial charge on any atom is 0.494 e. The van der Waals surface area contributed by atoms with Crippen LogP contribution in [0.1, 0.15) is 61.8 Å². The summed E-state index contributed by atoms with van der Waals surface area (Å²) < 4.78 is 51.2. The van der Waals surface area contributed by atoms with E-state index in [1.807, 2.05) is 55.4 Å². The van der Waals surface area contributed by atoms with E-state index >= 15 is 4.21 Å². The molecule has 2 saturated heterocycles. The van der Waals surface area contributed by atoms with Gasteiger partial charge in [0.05, 0.1) is 38.8 Å². The molecule has 2 unspecified atom stereocenters. The van der Waals surface area contributed by atoms with Crippen LogP contribution in [0.15, 0.2) is 50.6 Å². The highest BCUT2D eigenvalue weighted by Crippen LogP contribution is 2.49. The van der Waals surface area contributed by atoms with Crippen molar-refractivity contribution in [3.05, 3.63) is 46.4 Å². The predicted molar refractivity (Wildman–Crippen MR) is 165 cm³/mol. The van der Waals surface area contributed by atoms with Crippen molar-refractivity contribution in [2.24, 2.45) is 10.3 Å². The number of fused-ring (bicyclic) bond motifs is 10. The van der Waals surface area contributed by atoms with Gasteiger partial charge in [0, 0.05) is 16.5 Å². The molecule has 2 aromatic rings. The molecule has 2 atom stereocenters. The van der Waals surface area contributed by atoms with Crippen LogP contribution in [-0.4, -0.2) is 60.0 Å². The molecule has 0 spiro atoms. The van der Waals surface area contributed by atoms with Crippen LogP contribution in [0.3, 0.4) is 0 Å². The predicted octanol–water partition coefficient (Wildman–Crippen LogP) is 5.04. The van der Waals surface area contributed by atoms with E-state index < -0.39 is 58.9 Å². The smallest absolute Gasteiger partial charge is 0.464 e. The summed E-state index contributed by atoms with van der Waals surface area (Å²) in [4.78, 5) is 13.2. The molecule has 0 radical (unpaired) electrons. The number of esters is 1. The standard InChI is InChI=1S/C29H37B2Cl2NO7S/c1-18(2)16-37-25(35)15-34-42(36)23-11-19(9-21(32)13-23)30-38-26(3,4)28(7,40-30)17-29(8)27(5,6)39-31(41-29)20-10-22(33)14-24(42)12-20/h9-14,18H,15-17H2,1-8H3. The first-order chi connectivity index (χ1) is 19.4. The minimum atomic E-state index is -3.49. The third-order valence-electron chi connectivity index (χ3n) is 8.68. The summed E-state index contributed by atoms with van der Waals surface area (Å²) in [5.74, 6) is -0.444. The van der Waals surface area contributed by atoms with Crippen LogP contribution in [-0.2, 0) is 37.9 Å². The fourth-order valence-electron chi connectivity index (χ4n) is 5.51. The minimum Gasteiger partial charge on any atom is -0.464 e. The SMILES string of the molecule is CC(C)COC(=O)CN=S1(=O)c2cc(Cl)cc(c2)B2OC(C)(C)C(C)(CC3(C)OB(OC3(C)C)c3cc(Cl)cc1c3)O2. The maximum atomic E-state index is 15.1. The molecule has 42 heavy (non-hydrogen) atoms. The molecular formula is C29H37B2Cl2NO7S. The van der Waals surface area contributed by atoms with Crippen molar-refractivity contribution >= 4 is 64.1 Å². The third-order valence-corrected chi connectivity index (χ3v) is 11.4. The Morgan fingerprint density at radius 1 is 0.857 bits per heavy atom. The number of hydrogen-bond acceptors (Lipinski definition) is 8. The van der Waals surface area contributed by atoms with Crippen molar-refractivity contribution in [2.75, 3.05) is 13.2 Å². The van der Waals surface area contributed by atoms with Crippen LogP contribution >= 0.6 is 23.2 Å². The van der Waals surface area contributed by atoms with E-state index in [0.29, 0.717) is 27.4 Å². The molecule has 226 valence electrons. The molecule has 8 nitrogen and oxygen atoms in total. The van der Waals surface area contributed by atoms with E-state index in [0.717, 1.165) is 0 Å². The zero-order chi connectivity index (χ0) is 30.9. The van der Waals surface area contributed by atoms with Gasteiger partial charge in [-0.3, -0.25) is 4.79 Å². The van der Waals surface area contributed by atoms with Gasteiger partial charge in [-0.2, -0.15) is 0 Å². The minimum absolute atomic E-state index is 0.144.